The molecule has 0 saturated heterocycles. The summed E-state index contributed by atoms with van der Waals surface area (Å²) in [5.41, 5.74) is 9.89. The third kappa shape index (κ3) is 3.03. The van der Waals surface area contributed by atoms with E-state index in [0.29, 0.717) is 16.4 Å². The Kier molecular flexibility index (Phi) is 4.37. The number of halogens is 1. The van der Waals surface area contributed by atoms with Crippen LogP contribution < -0.4 is 15.5 Å². The number of H-pyrrole nitrogens is 1. The Bertz CT molecular complexity index is 913. The van der Waals surface area contributed by atoms with Crippen molar-refractivity contribution in [2.75, 3.05) is 12.8 Å². The number of aromatic amines is 1. The molecule has 3 N–H and O–H groups in total. The summed E-state index contributed by atoms with van der Waals surface area (Å²) in [6, 6.07) is 19.0. The van der Waals surface area contributed by atoms with Crippen molar-refractivity contribution in [3.05, 3.63) is 65.2 Å². The van der Waals surface area contributed by atoms with Crippen LogP contribution >= 0.6 is 11.6 Å². The predicted molar refractivity (Wildman–Crippen MR) is 94.6 cm³/mol. The molecule has 24 heavy (non-hydrogen) atoms. The first kappa shape index (κ1) is 15.9. The van der Waals surface area contributed by atoms with E-state index in [4.69, 9.17) is 22.1 Å². The number of hydrogen-bond acceptors (Lipinski definition) is 3. The highest BCUT2D eigenvalue weighted by Gasteiger charge is 2.17. The van der Waals surface area contributed by atoms with Crippen LogP contribution in [0.25, 0.3) is 22.4 Å². The molecule has 0 aliphatic rings. The van der Waals surface area contributed by atoms with E-state index in [1.165, 1.54) is 0 Å². The van der Waals surface area contributed by atoms with Crippen molar-refractivity contribution in [3.63, 3.8) is 0 Å². The second-order valence-corrected chi connectivity index (χ2v) is 5.67. The highest BCUT2D eigenvalue weighted by Crippen LogP contribution is 2.30. The molecule has 0 unspecified atom stereocenters. The van der Waals surface area contributed by atoms with Crippen LogP contribution in [0.3, 0.4) is 0 Å². The summed E-state index contributed by atoms with van der Waals surface area (Å²) in [7, 11) is 1.61. The van der Waals surface area contributed by atoms with Gasteiger partial charge >= 0.3 is 0 Å². The average Bonchev–Trinajstić information content (AvgIpc) is 2.61. The molecule has 0 fully saturated rings. The van der Waals surface area contributed by atoms with Gasteiger partial charge < -0.3 is 4.74 Å². The van der Waals surface area contributed by atoms with Crippen LogP contribution in [0, 0.1) is 11.3 Å². The second-order valence-electron chi connectivity index (χ2n) is 5.23. The van der Waals surface area contributed by atoms with Gasteiger partial charge in [-0.05, 0) is 48.0 Å². The van der Waals surface area contributed by atoms with Gasteiger partial charge in [0.2, 0.25) is 0 Å². The second kappa shape index (κ2) is 6.61. The van der Waals surface area contributed by atoms with Crippen LogP contribution in [0.5, 0.6) is 5.75 Å². The first-order valence-corrected chi connectivity index (χ1v) is 7.66. The van der Waals surface area contributed by atoms with Crippen LogP contribution in [0.1, 0.15) is 5.56 Å². The first-order chi connectivity index (χ1) is 11.6. The number of nitriles is 1. The number of anilines is 1. The molecule has 3 rings (SSSR count). The van der Waals surface area contributed by atoms with E-state index in [1.54, 1.807) is 7.11 Å². The van der Waals surface area contributed by atoms with Crippen molar-refractivity contribution in [3.8, 4) is 34.2 Å². The Morgan fingerprint density at radius 2 is 1.67 bits per heavy atom. The Labute approximate surface area is 145 Å². The quantitative estimate of drug-likeness (QED) is 0.787. The Morgan fingerprint density at radius 3 is 2.25 bits per heavy atom. The molecule has 118 valence electrons. The summed E-state index contributed by atoms with van der Waals surface area (Å²) in [4.78, 5) is 3.08. The molecule has 0 radical (unpaired) electrons. The minimum Gasteiger partial charge on any atom is -0.497 e. The number of benzene rings is 2. The maximum absolute atomic E-state index is 9.47. The number of rotatable bonds is 3. The minimum atomic E-state index is 0.329. The molecular formula is C19H15ClN3O+. The van der Waals surface area contributed by atoms with E-state index in [1.807, 2.05) is 54.6 Å². The van der Waals surface area contributed by atoms with Crippen LogP contribution in [0.4, 0.5) is 5.82 Å². The number of methoxy groups -OCH3 is 1. The monoisotopic (exact) mass is 336 g/mol. The van der Waals surface area contributed by atoms with Gasteiger partial charge in [0.15, 0.2) is 0 Å². The lowest BCUT2D eigenvalue weighted by molar-refractivity contribution is -0.346. The highest BCUT2D eigenvalue weighted by molar-refractivity contribution is 6.30. The van der Waals surface area contributed by atoms with Gasteiger partial charge in [-0.25, -0.2) is 4.98 Å². The molecule has 0 bridgehead atoms. The molecular weight excluding hydrogens is 322 g/mol. The largest absolute Gasteiger partial charge is 0.497 e. The number of nitrogens with zero attached hydrogens (tertiary/aromatic N) is 1. The molecule has 0 aliphatic carbocycles. The molecule has 0 saturated carbocycles. The molecule has 0 aliphatic heterocycles. The smallest absolute Gasteiger partial charge is 0.289 e. The van der Waals surface area contributed by atoms with Gasteiger partial charge in [0.25, 0.3) is 5.82 Å². The number of nitrogens with two attached hydrogens (primary N) is 1. The zero-order valence-electron chi connectivity index (χ0n) is 13.0. The van der Waals surface area contributed by atoms with E-state index in [-0.39, 0.29) is 0 Å². The fourth-order valence-electron chi connectivity index (χ4n) is 2.51. The number of nitrogen functional groups attached to an aromatic ring is 1. The Balaban J connectivity index is 2.16. The standard InChI is InChI=1S/C19H14ClN3O/c1-24-15-8-4-12(5-9-15)16-10-18(23-19(22)17(16)11-21)13-2-6-14(20)7-3-13/h2-10H,1H3,(H2,22,23)/p+1. The van der Waals surface area contributed by atoms with E-state index in [0.717, 1.165) is 28.1 Å². The minimum absolute atomic E-state index is 0.329. The van der Waals surface area contributed by atoms with Crippen molar-refractivity contribution in [1.82, 2.24) is 0 Å². The molecule has 3 aromatic rings. The van der Waals surface area contributed by atoms with Crippen LogP contribution in [0.2, 0.25) is 5.02 Å². The SMILES string of the molecule is COc1ccc(-c2cc(-c3ccc(Cl)cc3)[nH+]c(N)c2C#N)cc1. The fraction of sp³-hybridized carbons (Fsp3) is 0.0526. The van der Waals surface area contributed by atoms with Crippen molar-refractivity contribution in [2.24, 2.45) is 0 Å². The maximum atomic E-state index is 9.47. The zero-order valence-corrected chi connectivity index (χ0v) is 13.8. The zero-order chi connectivity index (χ0) is 17.1. The molecule has 0 spiro atoms. The Morgan fingerprint density at radius 1 is 1.04 bits per heavy atom. The molecule has 1 aromatic heterocycles. The summed E-state index contributed by atoms with van der Waals surface area (Å²) >= 11 is 5.94. The third-order valence-electron chi connectivity index (χ3n) is 3.76. The van der Waals surface area contributed by atoms with Crippen molar-refractivity contribution in [2.45, 2.75) is 0 Å². The van der Waals surface area contributed by atoms with Gasteiger partial charge in [-0.15, -0.1) is 0 Å². The summed E-state index contributed by atoms with van der Waals surface area (Å²) in [6.07, 6.45) is 0. The fourth-order valence-corrected chi connectivity index (χ4v) is 2.63. The molecule has 0 amide bonds. The summed E-state index contributed by atoms with van der Waals surface area (Å²) < 4.78 is 5.18. The lowest BCUT2D eigenvalue weighted by atomic mass is 9.98. The topological polar surface area (TPSA) is 73.2 Å². The lowest BCUT2D eigenvalue weighted by Gasteiger charge is -2.08. The number of aromatic nitrogens is 1. The third-order valence-corrected chi connectivity index (χ3v) is 4.02. The molecule has 4 nitrogen and oxygen atoms in total. The van der Waals surface area contributed by atoms with Crippen molar-refractivity contribution < 1.29 is 9.72 Å². The van der Waals surface area contributed by atoms with Gasteiger partial charge in [0.05, 0.1) is 7.11 Å². The van der Waals surface area contributed by atoms with Gasteiger partial charge in [0, 0.05) is 16.1 Å². The van der Waals surface area contributed by atoms with Gasteiger partial charge in [0.1, 0.15) is 23.1 Å². The number of ether oxygens (including phenoxy) is 1. The first-order valence-electron chi connectivity index (χ1n) is 7.28. The predicted octanol–water partition coefficient (Wildman–Crippen LogP) is 3.95. The molecule has 0 atom stereocenters. The van der Waals surface area contributed by atoms with E-state index in [2.05, 4.69) is 11.1 Å². The highest BCUT2D eigenvalue weighted by atomic mass is 35.5. The van der Waals surface area contributed by atoms with Crippen LogP contribution in [-0.4, -0.2) is 7.11 Å². The van der Waals surface area contributed by atoms with Gasteiger partial charge in [-0.2, -0.15) is 5.26 Å². The van der Waals surface area contributed by atoms with Gasteiger partial charge in [-0.3, -0.25) is 5.73 Å². The van der Waals surface area contributed by atoms with Gasteiger partial charge in [-0.1, -0.05) is 23.7 Å². The van der Waals surface area contributed by atoms with E-state index < -0.39 is 0 Å². The van der Waals surface area contributed by atoms with Crippen molar-refractivity contribution >= 4 is 17.4 Å². The molecule has 1 heterocycles. The Hall–Kier alpha value is -3.03. The van der Waals surface area contributed by atoms with Crippen molar-refractivity contribution in [1.29, 1.82) is 5.26 Å². The summed E-state index contributed by atoms with van der Waals surface area (Å²) in [5, 5.41) is 10.1. The summed E-state index contributed by atoms with van der Waals surface area (Å²) in [5.74, 6) is 1.08. The number of hydrogen-bond donors (Lipinski definition) is 1. The lowest BCUT2D eigenvalue weighted by Crippen LogP contribution is -2.16. The average molecular weight is 337 g/mol. The maximum Gasteiger partial charge on any atom is 0.289 e. The van der Waals surface area contributed by atoms with E-state index >= 15 is 0 Å². The van der Waals surface area contributed by atoms with Crippen LogP contribution in [0.15, 0.2) is 54.6 Å². The van der Waals surface area contributed by atoms with E-state index in [9.17, 15) is 5.26 Å². The molecule has 2 aromatic carbocycles. The normalized spacial score (nSPS) is 10.2. The summed E-state index contributed by atoms with van der Waals surface area (Å²) in [6.45, 7) is 0. The molecule has 5 heteroatoms. The number of pyridine rings is 1. The number of nitrogens with one attached hydrogen (secondary N) is 1. The van der Waals surface area contributed by atoms with Crippen LogP contribution in [-0.2, 0) is 0 Å².